The summed E-state index contributed by atoms with van der Waals surface area (Å²) in [5, 5.41) is 4.22. The van der Waals surface area contributed by atoms with E-state index in [0.717, 1.165) is 10.4 Å². The van der Waals surface area contributed by atoms with Gasteiger partial charge in [0, 0.05) is 31.4 Å². The zero-order valence-corrected chi connectivity index (χ0v) is 16.1. The molecule has 146 valence electrons. The maximum atomic E-state index is 13.8. The van der Waals surface area contributed by atoms with Crippen LogP contribution in [-0.2, 0) is 14.8 Å². The van der Waals surface area contributed by atoms with Crippen molar-refractivity contribution in [3.8, 4) is 0 Å². The van der Waals surface area contributed by atoms with Crippen LogP contribution in [0.3, 0.4) is 0 Å². The molecule has 0 aliphatic rings. The van der Waals surface area contributed by atoms with Gasteiger partial charge >= 0.3 is 0 Å². The third kappa shape index (κ3) is 5.31. The third-order valence-electron chi connectivity index (χ3n) is 4.01. The first-order chi connectivity index (χ1) is 12.6. The largest absolute Gasteiger partial charge is 0.332 e. The minimum atomic E-state index is -3.60. The molecule has 0 fully saturated rings. The van der Waals surface area contributed by atoms with E-state index in [-0.39, 0.29) is 17.3 Å². The molecule has 0 bridgehead atoms. The van der Waals surface area contributed by atoms with E-state index in [9.17, 15) is 22.0 Å². The molecular weight excluding hydrogens is 376 g/mol. The zero-order valence-electron chi connectivity index (χ0n) is 15.2. The quantitative estimate of drug-likeness (QED) is 0.741. The Labute approximate surface area is 157 Å². The maximum Gasteiger partial charge on any atom is 0.279 e. The summed E-state index contributed by atoms with van der Waals surface area (Å²) in [4.78, 5) is 12.2. The molecule has 0 aliphatic heterocycles. The Morgan fingerprint density at radius 2 is 1.89 bits per heavy atom. The topological polar surface area (TPSA) is 83.1 Å². The van der Waals surface area contributed by atoms with E-state index in [2.05, 4.69) is 5.32 Å². The van der Waals surface area contributed by atoms with Crippen LogP contribution in [0.15, 0.2) is 47.4 Å². The predicted octanol–water partition coefficient (Wildman–Crippen LogP) is 1.48. The minimum absolute atomic E-state index is 0.0113. The van der Waals surface area contributed by atoms with Crippen molar-refractivity contribution in [2.24, 2.45) is 0 Å². The molecular formula is C18H22F2N3O3S+. The highest BCUT2D eigenvalue weighted by Gasteiger charge is 2.19. The number of hydrogen-bond acceptors (Lipinski definition) is 3. The van der Waals surface area contributed by atoms with Gasteiger partial charge in [-0.15, -0.1) is 0 Å². The Hall–Kier alpha value is -2.36. The van der Waals surface area contributed by atoms with Gasteiger partial charge in [-0.25, -0.2) is 21.5 Å². The minimum Gasteiger partial charge on any atom is -0.332 e. The van der Waals surface area contributed by atoms with E-state index in [1.807, 2.05) is 0 Å². The lowest BCUT2D eigenvalue weighted by Crippen LogP contribution is -2.86. The first kappa shape index (κ1) is 20.9. The number of hydrogen-bond donors (Lipinski definition) is 2. The van der Waals surface area contributed by atoms with E-state index in [0.29, 0.717) is 11.3 Å². The maximum absolute atomic E-state index is 13.8. The smallest absolute Gasteiger partial charge is 0.279 e. The number of amides is 1. The van der Waals surface area contributed by atoms with Crippen LogP contribution in [0.1, 0.15) is 18.5 Å². The molecule has 0 saturated heterocycles. The van der Waals surface area contributed by atoms with Gasteiger partial charge in [-0.3, -0.25) is 4.79 Å². The molecule has 1 atom stereocenters. The Morgan fingerprint density at radius 1 is 1.19 bits per heavy atom. The molecule has 6 nitrogen and oxygen atoms in total. The predicted molar refractivity (Wildman–Crippen MR) is 97.5 cm³/mol. The molecule has 0 aromatic heterocycles. The summed E-state index contributed by atoms with van der Waals surface area (Å²) in [6.45, 7) is 1.69. The number of quaternary nitrogens is 1. The SMILES string of the molecule is C[C@@H]([NH2+]CC(=O)Nc1cccc(S(=O)(=O)N(C)C)c1)c1ccc(F)cc1F. The summed E-state index contributed by atoms with van der Waals surface area (Å²) < 4.78 is 52.1. The zero-order chi connectivity index (χ0) is 20.2. The number of halogens is 2. The second-order valence-corrected chi connectivity index (χ2v) is 8.41. The fourth-order valence-electron chi connectivity index (χ4n) is 2.44. The van der Waals surface area contributed by atoms with Crippen molar-refractivity contribution in [3.63, 3.8) is 0 Å². The molecule has 27 heavy (non-hydrogen) atoms. The van der Waals surface area contributed by atoms with Gasteiger partial charge < -0.3 is 10.6 Å². The van der Waals surface area contributed by atoms with E-state index >= 15 is 0 Å². The van der Waals surface area contributed by atoms with Crippen molar-refractivity contribution in [1.29, 1.82) is 0 Å². The molecule has 0 radical (unpaired) electrons. The van der Waals surface area contributed by atoms with Gasteiger partial charge in [0.25, 0.3) is 5.91 Å². The molecule has 9 heteroatoms. The fourth-order valence-corrected chi connectivity index (χ4v) is 3.39. The second kappa shape index (κ2) is 8.55. The van der Waals surface area contributed by atoms with Crippen molar-refractivity contribution < 1.29 is 27.3 Å². The number of anilines is 1. The highest BCUT2D eigenvalue weighted by atomic mass is 32.2. The first-order valence-electron chi connectivity index (χ1n) is 8.22. The molecule has 0 saturated carbocycles. The van der Waals surface area contributed by atoms with Crippen molar-refractivity contribution in [1.82, 2.24) is 4.31 Å². The normalized spacial score (nSPS) is 12.8. The van der Waals surface area contributed by atoms with Crippen LogP contribution in [0.4, 0.5) is 14.5 Å². The van der Waals surface area contributed by atoms with Crippen molar-refractivity contribution in [2.75, 3.05) is 26.0 Å². The van der Waals surface area contributed by atoms with Crippen LogP contribution >= 0.6 is 0 Å². The lowest BCUT2D eigenvalue weighted by Gasteiger charge is -2.14. The number of rotatable bonds is 7. The van der Waals surface area contributed by atoms with Gasteiger partial charge in [-0.05, 0) is 37.3 Å². The number of benzene rings is 2. The van der Waals surface area contributed by atoms with Crippen molar-refractivity contribution in [2.45, 2.75) is 17.9 Å². The summed E-state index contributed by atoms with van der Waals surface area (Å²) in [6, 6.07) is 8.85. The third-order valence-corrected chi connectivity index (χ3v) is 5.82. The number of carbonyl (C=O) groups is 1. The Balaban J connectivity index is 2.00. The highest BCUT2D eigenvalue weighted by molar-refractivity contribution is 7.89. The van der Waals surface area contributed by atoms with Crippen LogP contribution in [0.2, 0.25) is 0 Å². The van der Waals surface area contributed by atoms with Crippen LogP contribution < -0.4 is 10.6 Å². The highest BCUT2D eigenvalue weighted by Crippen LogP contribution is 2.18. The average molecular weight is 398 g/mol. The number of nitrogens with one attached hydrogen (secondary N) is 1. The summed E-state index contributed by atoms with van der Waals surface area (Å²) in [5.74, 6) is -1.70. The number of nitrogens with zero attached hydrogens (tertiary/aromatic N) is 1. The number of sulfonamides is 1. The average Bonchev–Trinajstić information content (AvgIpc) is 2.59. The number of carbonyl (C=O) groups excluding carboxylic acids is 1. The molecule has 3 N–H and O–H groups in total. The van der Waals surface area contributed by atoms with Gasteiger partial charge in [0.1, 0.15) is 17.7 Å². The Kier molecular flexibility index (Phi) is 6.63. The first-order valence-corrected chi connectivity index (χ1v) is 9.66. The molecule has 0 aliphatic carbocycles. The lowest BCUT2D eigenvalue weighted by molar-refractivity contribution is -0.682. The second-order valence-electron chi connectivity index (χ2n) is 6.26. The molecule has 2 aromatic carbocycles. The summed E-state index contributed by atoms with van der Waals surface area (Å²) in [7, 11) is -0.759. The monoisotopic (exact) mass is 398 g/mol. The summed E-state index contributed by atoms with van der Waals surface area (Å²) in [6.07, 6.45) is 0. The molecule has 1 amide bonds. The van der Waals surface area contributed by atoms with Gasteiger partial charge in [-0.2, -0.15) is 0 Å². The molecule has 0 heterocycles. The summed E-state index contributed by atoms with van der Waals surface area (Å²) in [5.41, 5.74) is 0.639. The molecule has 2 aromatic rings. The van der Waals surface area contributed by atoms with E-state index in [1.54, 1.807) is 18.3 Å². The van der Waals surface area contributed by atoms with E-state index in [4.69, 9.17) is 0 Å². The molecule has 2 rings (SSSR count). The molecule has 0 spiro atoms. The van der Waals surface area contributed by atoms with Crippen molar-refractivity contribution >= 4 is 21.6 Å². The summed E-state index contributed by atoms with van der Waals surface area (Å²) >= 11 is 0. The lowest BCUT2D eigenvalue weighted by atomic mass is 10.1. The van der Waals surface area contributed by atoms with E-state index in [1.165, 1.54) is 44.4 Å². The van der Waals surface area contributed by atoms with Crippen molar-refractivity contribution in [3.05, 3.63) is 59.7 Å². The van der Waals surface area contributed by atoms with Gasteiger partial charge in [0.2, 0.25) is 10.0 Å². The van der Waals surface area contributed by atoms with Gasteiger partial charge in [-0.1, -0.05) is 6.07 Å². The standard InChI is InChI=1S/C18H21F2N3O3S/c1-12(16-8-7-13(19)9-17(16)20)21-11-18(24)22-14-5-4-6-15(10-14)27(25,26)23(2)3/h4-10,12,21H,11H2,1-3H3,(H,22,24)/p+1/t12-/m1/s1. The van der Waals surface area contributed by atoms with Crippen LogP contribution in [0.5, 0.6) is 0 Å². The van der Waals surface area contributed by atoms with Crippen LogP contribution in [0.25, 0.3) is 0 Å². The van der Waals surface area contributed by atoms with Gasteiger partial charge in [0.05, 0.1) is 4.90 Å². The Bertz CT molecular complexity index is 933. The van der Waals surface area contributed by atoms with Gasteiger partial charge in [0.15, 0.2) is 6.54 Å². The van der Waals surface area contributed by atoms with E-state index < -0.39 is 27.7 Å². The van der Waals surface area contributed by atoms with Crippen LogP contribution in [0, 0.1) is 11.6 Å². The fraction of sp³-hybridized carbons (Fsp3) is 0.278. The molecule has 0 unspecified atom stereocenters. The van der Waals surface area contributed by atoms with Crippen LogP contribution in [-0.4, -0.2) is 39.3 Å². The number of nitrogens with two attached hydrogens (primary N) is 1. The Morgan fingerprint density at radius 3 is 2.52 bits per heavy atom.